The van der Waals surface area contributed by atoms with E-state index in [1.54, 1.807) is 39.0 Å². The lowest BCUT2D eigenvalue weighted by molar-refractivity contribution is -0.152. The van der Waals surface area contributed by atoms with Crippen LogP contribution in [0.25, 0.3) is 0 Å². The van der Waals surface area contributed by atoms with Crippen LogP contribution in [0.2, 0.25) is 10.0 Å². The maximum atomic E-state index is 14.6. The Labute approximate surface area is 346 Å². The largest absolute Gasteiger partial charge is 0.488 e. The summed E-state index contributed by atoms with van der Waals surface area (Å²) in [6, 6.07) is 2.66. The van der Waals surface area contributed by atoms with Gasteiger partial charge in [-0.05, 0) is 64.0 Å². The van der Waals surface area contributed by atoms with Gasteiger partial charge in [-0.15, -0.1) is 0 Å². The van der Waals surface area contributed by atoms with Gasteiger partial charge < -0.3 is 30.2 Å². The van der Waals surface area contributed by atoms with E-state index < -0.39 is 77.2 Å². The second kappa shape index (κ2) is 22.6. The molecule has 1 saturated heterocycles. The summed E-state index contributed by atoms with van der Waals surface area (Å²) in [5.74, 6) is -5.54. The number of nitrogens with two attached hydrogens (primary N) is 1. The predicted molar refractivity (Wildman–Crippen MR) is 216 cm³/mol. The van der Waals surface area contributed by atoms with E-state index in [2.05, 4.69) is 5.32 Å². The Morgan fingerprint density at radius 1 is 0.947 bits per heavy atom. The van der Waals surface area contributed by atoms with E-state index in [1.165, 1.54) is 4.90 Å². The summed E-state index contributed by atoms with van der Waals surface area (Å²) < 4.78 is 17.3. The first-order valence-electron chi connectivity index (χ1n) is 20.2. The monoisotopic (exact) mass is 837 g/mol. The summed E-state index contributed by atoms with van der Waals surface area (Å²) >= 11 is 12.4. The third kappa shape index (κ3) is 15.6. The van der Waals surface area contributed by atoms with Crippen LogP contribution in [-0.4, -0.2) is 89.5 Å². The van der Waals surface area contributed by atoms with Crippen LogP contribution in [0.1, 0.15) is 119 Å². The molecule has 2 aliphatic rings. The molecule has 2 fully saturated rings. The summed E-state index contributed by atoms with van der Waals surface area (Å²) in [5, 5.41) is 3.07. The van der Waals surface area contributed by atoms with E-state index in [0.717, 1.165) is 32.1 Å². The Morgan fingerprint density at radius 3 is 2.23 bits per heavy atom. The molecule has 15 heteroatoms. The van der Waals surface area contributed by atoms with Crippen molar-refractivity contribution in [3.8, 4) is 5.75 Å². The van der Waals surface area contributed by atoms with Gasteiger partial charge in [-0.1, -0.05) is 69.7 Å². The van der Waals surface area contributed by atoms with Crippen molar-refractivity contribution in [3.63, 3.8) is 0 Å². The normalized spacial score (nSPS) is 19.1. The predicted octanol–water partition coefficient (Wildman–Crippen LogP) is 6.21. The second-order valence-corrected chi connectivity index (χ2v) is 17.5. The molecule has 3 amide bonds. The number of rotatable bonds is 22. The molecule has 3 N–H and O–H groups in total. The summed E-state index contributed by atoms with van der Waals surface area (Å²) in [7, 11) is 0. The number of esters is 1. The molecule has 13 nitrogen and oxygen atoms in total. The molecule has 0 spiro atoms. The Bertz CT molecular complexity index is 1590. The molecule has 1 saturated carbocycles. The molecule has 1 aliphatic carbocycles. The Morgan fingerprint density at radius 2 is 1.63 bits per heavy atom. The highest BCUT2D eigenvalue weighted by Gasteiger charge is 2.45. The van der Waals surface area contributed by atoms with Gasteiger partial charge >= 0.3 is 5.97 Å². The lowest BCUT2D eigenvalue weighted by atomic mass is 9.77. The molecule has 3 rings (SSSR count). The molecule has 5 atom stereocenters. The van der Waals surface area contributed by atoms with Crippen molar-refractivity contribution < 1.29 is 47.8 Å². The minimum absolute atomic E-state index is 0.0489. The fraction of sp³-hybridized carbons (Fsp3) is 0.690. The molecule has 1 aromatic carbocycles. The van der Waals surface area contributed by atoms with Crippen LogP contribution in [0.3, 0.4) is 0 Å². The molecular weight excluding hydrogens is 777 g/mol. The van der Waals surface area contributed by atoms with Crippen LogP contribution in [-0.2, 0) is 43.0 Å². The Balaban J connectivity index is 1.81. The van der Waals surface area contributed by atoms with Gasteiger partial charge in [0, 0.05) is 37.7 Å². The number of benzene rings is 1. The minimum atomic E-state index is -1.13. The molecule has 3 unspecified atom stereocenters. The number of hydrogen-bond donors (Lipinski definition) is 2. The fourth-order valence-electron chi connectivity index (χ4n) is 7.30. The zero-order chi connectivity index (χ0) is 42.4. The summed E-state index contributed by atoms with van der Waals surface area (Å²) in [6.45, 7) is 11.1. The summed E-state index contributed by atoms with van der Waals surface area (Å²) in [5.41, 5.74) is 4.83. The highest BCUT2D eigenvalue weighted by Crippen LogP contribution is 2.37. The number of Topliss-reactive ketones (excluding diaryl/α,β-unsaturated/α-hetero) is 3. The van der Waals surface area contributed by atoms with Crippen molar-refractivity contribution in [2.45, 2.75) is 142 Å². The molecule has 57 heavy (non-hydrogen) atoms. The smallest absolute Gasteiger partial charge is 0.306 e. The number of nitrogens with one attached hydrogen (secondary N) is 1. The van der Waals surface area contributed by atoms with Gasteiger partial charge in [0.2, 0.25) is 23.5 Å². The standard InChI is InChI=1S/C42H61Cl2N3O10/c1-7-11-27(39(52)35(48)16-17-37(50)46-33(40(45)53)24-56-42(4,5)6)18-36(49)34-20-29(57-28-14-15-31(43)32(44)19-28)22-47(34)41(54)30(26-12-9-8-10-13-26)21-38(51)55-23-25(2)3/h14-15,19,25-27,29-30,33-34H,7-13,16-18,20-24H2,1-6H3,(H2,45,53)(H,46,50)/t27?,29-,30?,33?,34+/m1/s1. The third-order valence-electron chi connectivity index (χ3n) is 10.3. The Hall–Kier alpha value is -3.55. The fourth-order valence-corrected chi connectivity index (χ4v) is 7.59. The number of halogens is 2. The van der Waals surface area contributed by atoms with Crippen molar-refractivity contribution in [2.75, 3.05) is 19.8 Å². The minimum Gasteiger partial charge on any atom is -0.488 e. The molecular formula is C42H61Cl2N3O10. The SMILES string of the molecule is CCCC(CC(=O)[C@@H]1C[C@@H](Oc2ccc(Cl)c(Cl)c2)CN1C(=O)C(CC(=O)OCC(C)C)C1CCCCC1)C(=O)C(=O)CCC(=O)NC(COC(C)(C)C)C(N)=O. The van der Waals surface area contributed by atoms with E-state index >= 15 is 0 Å². The van der Waals surface area contributed by atoms with Crippen LogP contribution in [0.15, 0.2) is 18.2 Å². The van der Waals surface area contributed by atoms with Gasteiger partial charge in [0.05, 0.1) is 53.8 Å². The van der Waals surface area contributed by atoms with Crippen LogP contribution in [0.5, 0.6) is 5.75 Å². The van der Waals surface area contributed by atoms with Crippen LogP contribution >= 0.6 is 23.2 Å². The number of carbonyl (C=O) groups excluding carboxylic acids is 7. The zero-order valence-corrected chi connectivity index (χ0v) is 35.8. The lowest BCUT2D eigenvalue weighted by Crippen LogP contribution is -2.48. The number of nitrogens with zero attached hydrogens (tertiary/aromatic N) is 1. The van der Waals surface area contributed by atoms with E-state index in [4.69, 9.17) is 43.1 Å². The number of likely N-dealkylation sites (tertiary alicyclic amines) is 1. The van der Waals surface area contributed by atoms with Crippen LogP contribution in [0, 0.1) is 23.7 Å². The second-order valence-electron chi connectivity index (χ2n) is 16.7. The van der Waals surface area contributed by atoms with Crippen LogP contribution < -0.4 is 15.8 Å². The average molecular weight is 839 g/mol. The summed E-state index contributed by atoms with van der Waals surface area (Å²) in [4.78, 5) is 94.8. The van der Waals surface area contributed by atoms with Crippen molar-refractivity contribution in [3.05, 3.63) is 28.2 Å². The lowest BCUT2D eigenvalue weighted by Gasteiger charge is -2.34. The number of hydrogen-bond acceptors (Lipinski definition) is 10. The van der Waals surface area contributed by atoms with Crippen molar-refractivity contribution in [1.82, 2.24) is 10.2 Å². The zero-order valence-electron chi connectivity index (χ0n) is 34.2. The molecule has 1 heterocycles. The first kappa shape index (κ1) is 47.8. The number of primary amides is 1. The van der Waals surface area contributed by atoms with E-state index in [1.807, 2.05) is 20.8 Å². The van der Waals surface area contributed by atoms with Gasteiger partial charge in [-0.2, -0.15) is 0 Å². The highest BCUT2D eigenvalue weighted by molar-refractivity contribution is 6.42. The van der Waals surface area contributed by atoms with Gasteiger partial charge in [0.15, 0.2) is 11.6 Å². The first-order valence-corrected chi connectivity index (χ1v) is 20.9. The average Bonchev–Trinajstić information content (AvgIpc) is 3.58. The van der Waals surface area contributed by atoms with Crippen molar-refractivity contribution in [1.29, 1.82) is 0 Å². The Kier molecular flexibility index (Phi) is 18.9. The summed E-state index contributed by atoms with van der Waals surface area (Å²) in [6.07, 6.45) is 3.39. The highest BCUT2D eigenvalue weighted by atomic mass is 35.5. The third-order valence-corrected chi connectivity index (χ3v) is 11.0. The van der Waals surface area contributed by atoms with Gasteiger partial charge in [0.25, 0.3) is 0 Å². The number of amides is 3. The van der Waals surface area contributed by atoms with Gasteiger partial charge in [-0.25, -0.2) is 0 Å². The molecule has 1 aromatic rings. The molecule has 0 radical (unpaired) electrons. The maximum Gasteiger partial charge on any atom is 0.306 e. The van der Waals surface area contributed by atoms with E-state index in [9.17, 15) is 33.6 Å². The first-order chi connectivity index (χ1) is 26.8. The van der Waals surface area contributed by atoms with E-state index in [-0.39, 0.29) is 74.6 Å². The van der Waals surface area contributed by atoms with Gasteiger partial charge in [-0.3, -0.25) is 33.6 Å². The van der Waals surface area contributed by atoms with Crippen LogP contribution in [0.4, 0.5) is 0 Å². The quantitative estimate of drug-likeness (QED) is 0.100. The molecule has 1 aliphatic heterocycles. The number of ether oxygens (including phenoxy) is 3. The molecule has 0 bridgehead atoms. The van der Waals surface area contributed by atoms with Gasteiger partial charge in [0.1, 0.15) is 17.9 Å². The number of carbonyl (C=O) groups is 7. The maximum absolute atomic E-state index is 14.6. The molecule has 318 valence electrons. The molecule has 0 aromatic heterocycles. The topological polar surface area (TPSA) is 188 Å². The van der Waals surface area contributed by atoms with E-state index in [0.29, 0.717) is 17.2 Å². The van der Waals surface area contributed by atoms with Crippen molar-refractivity contribution >= 4 is 64.2 Å². The van der Waals surface area contributed by atoms with Crippen molar-refractivity contribution in [2.24, 2.45) is 29.4 Å². The number of ketones is 3.